The largest absolute Gasteiger partial charge is 0.393 e. The highest BCUT2D eigenvalue weighted by atomic mass is 16.3. The highest BCUT2D eigenvalue weighted by Gasteiger charge is 2.71. The van der Waals surface area contributed by atoms with Gasteiger partial charge >= 0.3 is 0 Å². The van der Waals surface area contributed by atoms with Gasteiger partial charge in [0.1, 0.15) is 5.78 Å². The Kier molecular flexibility index (Phi) is 3.10. The lowest BCUT2D eigenvalue weighted by Crippen LogP contribution is -2.62. The van der Waals surface area contributed by atoms with Crippen molar-refractivity contribution in [2.75, 3.05) is 0 Å². The van der Waals surface area contributed by atoms with Gasteiger partial charge in [0.15, 0.2) is 0 Å². The van der Waals surface area contributed by atoms with Gasteiger partial charge < -0.3 is 5.11 Å². The van der Waals surface area contributed by atoms with Crippen LogP contribution in [0.1, 0.15) is 79.6 Å². The molecule has 0 aromatic carbocycles. The molecule has 130 valence electrons. The van der Waals surface area contributed by atoms with E-state index >= 15 is 0 Å². The Morgan fingerprint density at radius 1 is 1.00 bits per heavy atom. The lowest BCUT2D eigenvalue weighted by molar-refractivity contribution is -0.198. The molecular weight excluding hydrogens is 284 g/mol. The zero-order chi connectivity index (χ0) is 16.8. The highest BCUT2D eigenvalue weighted by molar-refractivity contribution is 5.93. The van der Waals surface area contributed by atoms with Crippen LogP contribution in [0.3, 0.4) is 0 Å². The lowest BCUT2D eigenvalue weighted by atomic mass is 9.40. The quantitative estimate of drug-likeness (QED) is 0.709. The molecular formula is C21H34O2. The van der Waals surface area contributed by atoms with E-state index in [0.717, 1.165) is 12.8 Å². The molecule has 2 bridgehead atoms. The number of carbonyl (C=O) groups excluding carboxylic acids is 1. The average Bonchev–Trinajstić information content (AvgIpc) is 2.56. The summed E-state index contributed by atoms with van der Waals surface area (Å²) in [5, 5.41) is 11.2. The first-order valence-corrected chi connectivity index (χ1v) is 9.79. The molecule has 4 aliphatic carbocycles. The third kappa shape index (κ3) is 1.77. The summed E-state index contributed by atoms with van der Waals surface area (Å²) in [5.74, 6) is 1.87. The van der Waals surface area contributed by atoms with Crippen molar-refractivity contribution in [3.8, 4) is 0 Å². The Morgan fingerprint density at radius 2 is 1.70 bits per heavy atom. The molecule has 23 heavy (non-hydrogen) atoms. The zero-order valence-corrected chi connectivity index (χ0v) is 15.6. The Hall–Kier alpha value is -0.370. The summed E-state index contributed by atoms with van der Waals surface area (Å²) in [5.41, 5.74) is -0.0606. The number of Topliss-reactive ketones (excluding diaryl/α,β-unsaturated/α-hetero) is 1. The molecule has 0 heterocycles. The Morgan fingerprint density at radius 3 is 2.39 bits per heavy atom. The number of rotatable bonds is 0. The number of fused-ring (bicyclic) bond motifs is 3. The van der Waals surface area contributed by atoms with E-state index in [2.05, 4.69) is 34.6 Å². The van der Waals surface area contributed by atoms with Crippen LogP contribution in [0.25, 0.3) is 0 Å². The Bertz CT molecular complexity index is 548. The molecule has 2 nitrogen and oxygen atoms in total. The van der Waals surface area contributed by atoms with E-state index in [0.29, 0.717) is 23.5 Å². The second-order valence-corrected chi connectivity index (χ2v) is 10.8. The third-order valence-corrected chi connectivity index (χ3v) is 8.98. The molecule has 0 saturated heterocycles. The van der Waals surface area contributed by atoms with E-state index in [4.69, 9.17) is 0 Å². The maximum Gasteiger partial charge on any atom is 0.145 e. The maximum atomic E-state index is 13.5. The fourth-order valence-electron chi connectivity index (χ4n) is 8.27. The van der Waals surface area contributed by atoms with Crippen LogP contribution < -0.4 is 0 Å². The van der Waals surface area contributed by atoms with Crippen molar-refractivity contribution in [1.82, 2.24) is 0 Å². The normalized spacial score (nSPS) is 53.6. The van der Waals surface area contributed by atoms with Crippen LogP contribution in [-0.4, -0.2) is 17.0 Å². The van der Waals surface area contributed by atoms with Gasteiger partial charge in [-0.15, -0.1) is 0 Å². The van der Waals surface area contributed by atoms with Crippen LogP contribution in [0.5, 0.6) is 0 Å². The predicted molar refractivity (Wildman–Crippen MR) is 91.9 cm³/mol. The summed E-state index contributed by atoms with van der Waals surface area (Å²) < 4.78 is 0. The van der Waals surface area contributed by atoms with Gasteiger partial charge in [0.25, 0.3) is 0 Å². The molecule has 4 rings (SSSR count). The lowest BCUT2D eigenvalue weighted by Gasteiger charge is -2.64. The van der Waals surface area contributed by atoms with Gasteiger partial charge in [0.2, 0.25) is 0 Å². The number of ketones is 1. The van der Waals surface area contributed by atoms with E-state index in [1.54, 1.807) is 0 Å². The first-order chi connectivity index (χ1) is 10.6. The van der Waals surface area contributed by atoms with Gasteiger partial charge in [-0.25, -0.2) is 0 Å². The Balaban J connectivity index is 1.83. The summed E-state index contributed by atoms with van der Waals surface area (Å²) in [6, 6.07) is 0. The number of hydrogen-bond acceptors (Lipinski definition) is 2. The number of hydrogen-bond donors (Lipinski definition) is 1. The summed E-state index contributed by atoms with van der Waals surface area (Å²) in [7, 11) is 0. The molecule has 0 aromatic rings. The minimum Gasteiger partial charge on any atom is -0.393 e. The molecule has 0 aliphatic heterocycles. The summed E-state index contributed by atoms with van der Waals surface area (Å²) in [6.07, 6.45) is 7.56. The minimum absolute atomic E-state index is 0.139. The Labute approximate surface area is 141 Å². The first kappa shape index (κ1) is 16.1. The van der Waals surface area contributed by atoms with Crippen LogP contribution in [-0.2, 0) is 4.79 Å². The van der Waals surface area contributed by atoms with Crippen molar-refractivity contribution in [3.05, 3.63) is 0 Å². The molecule has 1 N–H and O–H groups in total. The van der Waals surface area contributed by atoms with E-state index in [1.807, 2.05) is 0 Å². The van der Waals surface area contributed by atoms with Crippen LogP contribution in [0, 0.1) is 39.4 Å². The molecule has 2 heteroatoms. The SMILES string of the molecule is CC1(C)CCC[C@]2(C)C1[C@@H](O)C[C@@]13C[C@@H](CC[C@H]12)C(C)(C)C3=O. The monoisotopic (exact) mass is 318 g/mol. The van der Waals surface area contributed by atoms with Crippen LogP contribution in [0.2, 0.25) is 0 Å². The molecule has 4 fully saturated rings. The second kappa shape index (κ2) is 4.42. The summed E-state index contributed by atoms with van der Waals surface area (Å²) in [6.45, 7) is 11.5. The fourth-order valence-corrected chi connectivity index (χ4v) is 8.27. The molecule has 4 saturated carbocycles. The van der Waals surface area contributed by atoms with Crippen LogP contribution >= 0.6 is 0 Å². The van der Waals surface area contributed by atoms with E-state index < -0.39 is 0 Å². The first-order valence-electron chi connectivity index (χ1n) is 9.79. The molecule has 1 unspecified atom stereocenters. The van der Waals surface area contributed by atoms with Crippen LogP contribution in [0.4, 0.5) is 0 Å². The molecule has 4 aliphatic rings. The second-order valence-electron chi connectivity index (χ2n) is 10.8. The third-order valence-electron chi connectivity index (χ3n) is 8.98. The van der Waals surface area contributed by atoms with Gasteiger partial charge in [-0.2, -0.15) is 0 Å². The number of carbonyl (C=O) groups is 1. The highest BCUT2D eigenvalue weighted by Crippen LogP contribution is 2.72. The predicted octanol–water partition coefficient (Wildman–Crippen LogP) is 4.60. The molecule has 1 spiro atoms. The smallest absolute Gasteiger partial charge is 0.145 e. The number of aliphatic hydroxyl groups is 1. The zero-order valence-electron chi connectivity index (χ0n) is 15.6. The van der Waals surface area contributed by atoms with Crippen molar-refractivity contribution >= 4 is 5.78 Å². The van der Waals surface area contributed by atoms with Gasteiger partial charge in [0.05, 0.1) is 6.10 Å². The van der Waals surface area contributed by atoms with E-state index in [9.17, 15) is 9.90 Å². The molecule has 0 radical (unpaired) electrons. The number of aliphatic hydroxyl groups excluding tert-OH is 1. The van der Waals surface area contributed by atoms with Crippen molar-refractivity contribution in [1.29, 1.82) is 0 Å². The van der Waals surface area contributed by atoms with Crippen molar-refractivity contribution in [2.24, 2.45) is 39.4 Å². The van der Waals surface area contributed by atoms with Crippen molar-refractivity contribution in [3.63, 3.8) is 0 Å². The van der Waals surface area contributed by atoms with E-state index in [-0.39, 0.29) is 27.8 Å². The fraction of sp³-hybridized carbons (Fsp3) is 0.952. The standard InChI is InChI=1S/C21H34O2/c1-18(2)9-6-10-20(5)15-8-7-13-11-21(15,12-14(22)16(18)20)17(23)19(13,3)4/h13-16,22H,6-12H2,1-5H3/t13-,14+,15+,16?,20+,21+/m1/s1. The molecule has 6 atom stereocenters. The summed E-state index contributed by atoms with van der Waals surface area (Å²) in [4.78, 5) is 13.5. The van der Waals surface area contributed by atoms with Crippen molar-refractivity contribution < 1.29 is 9.90 Å². The van der Waals surface area contributed by atoms with Gasteiger partial charge in [0, 0.05) is 10.8 Å². The summed E-state index contributed by atoms with van der Waals surface area (Å²) >= 11 is 0. The average molecular weight is 319 g/mol. The van der Waals surface area contributed by atoms with E-state index in [1.165, 1.54) is 32.1 Å². The van der Waals surface area contributed by atoms with Gasteiger partial charge in [-0.1, -0.05) is 41.0 Å². The molecule has 0 aromatic heterocycles. The molecule has 0 amide bonds. The van der Waals surface area contributed by atoms with Gasteiger partial charge in [-0.3, -0.25) is 4.79 Å². The van der Waals surface area contributed by atoms with Crippen molar-refractivity contribution in [2.45, 2.75) is 85.7 Å². The van der Waals surface area contributed by atoms with Gasteiger partial charge in [-0.05, 0) is 67.1 Å². The minimum atomic E-state index is -0.303. The topological polar surface area (TPSA) is 37.3 Å². The van der Waals surface area contributed by atoms with Crippen LogP contribution in [0.15, 0.2) is 0 Å². The maximum absolute atomic E-state index is 13.5.